The number of aliphatic imine (C=N–C) groups is 1. The standard InChI is InChI=1S/C13H24Cl2N2OS2/c1-12(4-2-6-14)16-8-10-19-20-11-9-17-13(18)5-3-7-15/h2-11H2,1H3,(H,17,18). The van der Waals surface area contributed by atoms with Gasteiger partial charge in [0, 0.05) is 48.5 Å². The predicted molar refractivity (Wildman–Crippen MR) is 95.8 cm³/mol. The number of rotatable bonds is 13. The number of alkyl halides is 2. The average molecular weight is 359 g/mol. The van der Waals surface area contributed by atoms with Gasteiger partial charge in [0.15, 0.2) is 0 Å². The predicted octanol–water partition coefficient (Wildman–Crippen LogP) is 3.98. The number of nitrogens with one attached hydrogen (secondary N) is 1. The van der Waals surface area contributed by atoms with E-state index in [-0.39, 0.29) is 5.91 Å². The van der Waals surface area contributed by atoms with E-state index >= 15 is 0 Å². The highest BCUT2D eigenvalue weighted by Gasteiger charge is 1.99. The Labute approximate surface area is 140 Å². The molecule has 0 fully saturated rings. The van der Waals surface area contributed by atoms with Crippen LogP contribution in [0.2, 0.25) is 0 Å². The molecule has 0 radical (unpaired) electrons. The van der Waals surface area contributed by atoms with E-state index in [9.17, 15) is 4.79 Å². The summed E-state index contributed by atoms with van der Waals surface area (Å²) in [5.74, 6) is 3.27. The SMILES string of the molecule is CC(CCCCl)=NCCSSCCNC(=O)CCCCl. The van der Waals surface area contributed by atoms with Crippen LogP contribution < -0.4 is 5.32 Å². The number of amides is 1. The number of nitrogens with zero attached hydrogens (tertiary/aromatic N) is 1. The fourth-order valence-corrected chi connectivity index (χ4v) is 3.38. The van der Waals surface area contributed by atoms with Crippen LogP contribution in [0.15, 0.2) is 4.99 Å². The molecule has 7 heteroatoms. The quantitative estimate of drug-likeness (QED) is 0.234. The van der Waals surface area contributed by atoms with Gasteiger partial charge in [0.2, 0.25) is 5.91 Å². The Morgan fingerprint density at radius 2 is 1.75 bits per heavy atom. The number of hydrogen-bond acceptors (Lipinski definition) is 4. The van der Waals surface area contributed by atoms with Crippen molar-refractivity contribution in [3.63, 3.8) is 0 Å². The molecule has 0 saturated carbocycles. The lowest BCUT2D eigenvalue weighted by Crippen LogP contribution is -2.25. The Hall–Kier alpha value is 0.420. The molecule has 1 N–H and O–H groups in total. The molecule has 0 bridgehead atoms. The third kappa shape index (κ3) is 14.8. The van der Waals surface area contributed by atoms with E-state index in [1.807, 2.05) is 0 Å². The molecule has 0 aliphatic heterocycles. The summed E-state index contributed by atoms with van der Waals surface area (Å²) < 4.78 is 0. The van der Waals surface area contributed by atoms with Gasteiger partial charge in [-0.3, -0.25) is 9.79 Å². The molecule has 0 rings (SSSR count). The van der Waals surface area contributed by atoms with Gasteiger partial charge >= 0.3 is 0 Å². The maximum atomic E-state index is 11.3. The van der Waals surface area contributed by atoms with E-state index in [1.165, 1.54) is 5.71 Å². The number of carbonyl (C=O) groups excluding carboxylic acids is 1. The Bertz CT molecular complexity index is 279. The Morgan fingerprint density at radius 3 is 2.45 bits per heavy atom. The first-order valence-electron chi connectivity index (χ1n) is 6.83. The minimum atomic E-state index is 0.0933. The van der Waals surface area contributed by atoms with Crippen molar-refractivity contribution in [1.82, 2.24) is 5.32 Å². The molecule has 0 heterocycles. The van der Waals surface area contributed by atoms with Gasteiger partial charge in [-0.2, -0.15) is 0 Å². The van der Waals surface area contributed by atoms with Crippen molar-refractivity contribution < 1.29 is 4.79 Å². The second-order valence-electron chi connectivity index (χ2n) is 4.20. The van der Waals surface area contributed by atoms with Crippen molar-refractivity contribution >= 4 is 56.4 Å². The summed E-state index contributed by atoms with van der Waals surface area (Å²) in [7, 11) is 3.57. The topological polar surface area (TPSA) is 41.5 Å². The number of halogens is 2. The maximum absolute atomic E-state index is 11.3. The molecule has 0 spiro atoms. The summed E-state index contributed by atoms with van der Waals surface area (Å²) in [6, 6.07) is 0. The molecule has 0 saturated heterocycles. The van der Waals surface area contributed by atoms with Crippen molar-refractivity contribution in [2.75, 3.05) is 36.4 Å². The van der Waals surface area contributed by atoms with E-state index in [4.69, 9.17) is 23.2 Å². The van der Waals surface area contributed by atoms with E-state index in [1.54, 1.807) is 21.6 Å². The monoisotopic (exact) mass is 358 g/mol. The van der Waals surface area contributed by atoms with Crippen molar-refractivity contribution in [3.8, 4) is 0 Å². The minimum Gasteiger partial charge on any atom is -0.355 e. The molecule has 20 heavy (non-hydrogen) atoms. The highest BCUT2D eigenvalue weighted by atomic mass is 35.5. The Balaban J connectivity index is 3.30. The van der Waals surface area contributed by atoms with Crippen molar-refractivity contribution in [2.24, 2.45) is 4.99 Å². The molecule has 0 aromatic rings. The van der Waals surface area contributed by atoms with Crippen LogP contribution in [0.1, 0.15) is 32.6 Å². The van der Waals surface area contributed by atoms with Crippen LogP contribution in [-0.2, 0) is 4.79 Å². The maximum Gasteiger partial charge on any atom is 0.220 e. The number of hydrogen-bond donors (Lipinski definition) is 1. The van der Waals surface area contributed by atoms with Crippen LogP contribution in [0, 0.1) is 0 Å². The zero-order valence-electron chi connectivity index (χ0n) is 12.0. The van der Waals surface area contributed by atoms with Gasteiger partial charge in [-0.15, -0.1) is 23.2 Å². The van der Waals surface area contributed by atoms with Crippen LogP contribution in [-0.4, -0.2) is 48.0 Å². The largest absolute Gasteiger partial charge is 0.355 e. The summed E-state index contributed by atoms with van der Waals surface area (Å²) in [5.41, 5.74) is 1.18. The van der Waals surface area contributed by atoms with Crippen LogP contribution >= 0.6 is 44.8 Å². The first kappa shape index (κ1) is 20.4. The summed E-state index contributed by atoms with van der Waals surface area (Å²) in [6.45, 7) is 3.63. The summed E-state index contributed by atoms with van der Waals surface area (Å²) >= 11 is 11.2. The molecule has 1 amide bonds. The highest BCUT2D eigenvalue weighted by Crippen LogP contribution is 2.19. The van der Waals surface area contributed by atoms with E-state index in [0.717, 1.165) is 43.9 Å². The first-order valence-corrected chi connectivity index (χ1v) is 10.4. The van der Waals surface area contributed by atoms with Crippen LogP contribution in [0.4, 0.5) is 0 Å². The fraction of sp³-hybridized carbons (Fsp3) is 0.846. The summed E-state index contributed by atoms with van der Waals surface area (Å²) in [6.07, 6.45) is 3.27. The molecular weight excluding hydrogens is 335 g/mol. The Kier molecular flexibility index (Phi) is 16.1. The lowest BCUT2D eigenvalue weighted by Gasteiger charge is -2.04. The second kappa shape index (κ2) is 15.8. The van der Waals surface area contributed by atoms with Gasteiger partial charge in [0.25, 0.3) is 0 Å². The zero-order chi connectivity index (χ0) is 15.1. The van der Waals surface area contributed by atoms with Gasteiger partial charge in [-0.25, -0.2) is 0 Å². The van der Waals surface area contributed by atoms with Crippen molar-refractivity contribution in [3.05, 3.63) is 0 Å². The highest BCUT2D eigenvalue weighted by molar-refractivity contribution is 8.76. The van der Waals surface area contributed by atoms with Crippen molar-refractivity contribution in [2.45, 2.75) is 32.6 Å². The number of carbonyl (C=O) groups is 1. The molecule has 118 valence electrons. The van der Waals surface area contributed by atoms with Gasteiger partial charge in [0.05, 0.1) is 0 Å². The fourth-order valence-electron chi connectivity index (χ4n) is 1.34. The lowest BCUT2D eigenvalue weighted by molar-refractivity contribution is -0.120. The van der Waals surface area contributed by atoms with Crippen LogP contribution in [0.5, 0.6) is 0 Å². The summed E-state index contributed by atoms with van der Waals surface area (Å²) in [4.78, 5) is 15.8. The van der Waals surface area contributed by atoms with Crippen molar-refractivity contribution in [1.29, 1.82) is 0 Å². The van der Waals surface area contributed by atoms with Gasteiger partial charge in [0.1, 0.15) is 0 Å². The van der Waals surface area contributed by atoms with E-state index in [0.29, 0.717) is 18.2 Å². The van der Waals surface area contributed by atoms with Crippen LogP contribution in [0.25, 0.3) is 0 Å². The van der Waals surface area contributed by atoms with Gasteiger partial charge in [-0.1, -0.05) is 21.6 Å². The third-order valence-electron chi connectivity index (χ3n) is 2.36. The molecule has 0 aromatic carbocycles. The smallest absolute Gasteiger partial charge is 0.220 e. The summed E-state index contributed by atoms with van der Waals surface area (Å²) in [5, 5.41) is 2.88. The van der Waals surface area contributed by atoms with Gasteiger partial charge < -0.3 is 5.32 Å². The molecular formula is C13H24Cl2N2OS2. The average Bonchev–Trinajstić information content (AvgIpc) is 2.45. The normalized spacial score (nSPS) is 11.7. The Morgan fingerprint density at radius 1 is 1.10 bits per heavy atom. The van der Waals surface area contributed by atoms with E-state index < -0.39 is 0 Å². The second-order valence-corrected chi connectivity index (χ2v) is 7.65. The van der Waals surface area contributed by atoms with Crippen LogP contribution in [0.3, 0.4) is 0 Å². The third-order valence-corrected chi connectivity index (χ3v) is 5.28. The molecule has 0 aliphatic carbocycles. The lowest BCUT2D eigenvalue weighted by atomic mass is 10.2. The van der Waals surface area contributed by atoms with E-state index in [2.05, 4.69) is 17.2 Å². The minimum absolute atomic E-state index is 0.0933. The molecule has 0 aliphatic rings. The van der Waals surface area contributed by atoms with Gasteiger partial charge in [-0.05, 0) is 26.2 Å². The molecule has 0 unspecified atom stereocenters. The zero-order valence-corrected chi connectivity index (χ0v) is 15.1. The molecule has 0 aromatic heterocycles. The first-order chi connectivity index (χ1) is 9.70. The molecule has 3 nitrogen and oxygen atoms in total. The molecule has 0 atom stereocenters.